The molecule has 0 radical (unpaired) electrons. The fourth-order valence-corrected chi connectivity index (χ4v) is 3.75. The topological polar surface area (TPSA) is 25.2 Å². The molecule has 22 heavy (non-hydrogen) atoms. The number of nitrogens with zero attached hydrogens (tertiary/aromatic N) is 2. The number of hydrogen-bond donors (Lipinski definition) is 0. The first kappa shape index (κ1) is 15.3. The maximum absolute atomic E-state index is 12.3. The van der Waals surface area contributed by atoms with E-state index in [0.717, 1.165) is 11.4 Å². The van der Waals surface area contributed by atoms with Gasteiger partial charge in [0.25, 0.3) is 5.91 Å². The fourth-order valence-electron chi connectivity index (χ4n) is 2.26. The molecule has 1 aromatic carbocycles. The van der Waals surface area contributed by atoms with Gasteiger partial charge in [-0.3, -0.25) is 9.69 Å². The number of rotatable bonds is 3. The van der Waals surface area contributed by atoms with Crippen LogP contribution in [-0.4, -0.2) is 26.2 Å². The van der Waals surface area contributed by atoms with Crippen LogP contribution in [0.3, 0.4) is 0 Å². The molecule has 1 fully saturated rings. The molecule has 1 saturated heterocycles. The van der Waals surface area contributed by atoms with Gasteiger partial charge in [0.2, 0.25) is 0 Å². The summed E-state index contributed by atoms with van der Waals surface area (Å²) in [5, 5.41) is 0.696. The Balaban J connectivity index is 1.96. The zero-order valence-electron chi connectivity index (χ0n) is 11.8. The van der Waals surface area contributed by atoms with Crippen molar-refractivity contribution >= 4 is 51.9 Å². The van der Waals surface area contributed by atoms with Gasteiger partial charge < -0.3 is 4.57 Å². The monoisotopic (exact) mass is 348 g/mol. The van der Waals surface area contributed by atoms with Crippen molar-refractivity contribution < 1.29 is 4.79 Å². The van der Waals surface area contributed by atoms with Crippen LogP contribution >= 0.6 is 35.6 Å². The van der Waals surface area contributed by atoms with Crippen LogP contribution in [0.25, 0.3) is 11.8 Å². The minimum Gasteiger partial charge on any atom is -0.317 e. The van der Waals surface area contributed by atoms with E-state index in [0.29, 0.717) is 20.8 Å². The van der Waals surface area contributed by atoms with Gasteiger partial charge in [0.05, 0.1) is 4.91 Å². The van der Waals surface area contributed by atoms with E-state index in [-0.39, 0.29) is 5.91 Å². The molecule has 2 heterocycles. The highest BCUT2D eigenvalue weighted by atomic mass is 35.5. The zero-order valence-corrected chi connectivity index (χ0v) is 14.2. The Morgan fingerprint density at radius 2 is 2.00 bits per heavy atom. The van der Waals surface area contributed by atoms with Crippen LogP contribution in [0.1, 0.15) is 12.6 Å². The number of benzene rings is 1. The van der Waals surface area contributed by atoms with Crippen molar-refractivity contribution in [1.29, 1.82) is 0 Å². The molecular weight excluding hydrogens is 336 g/mol. The minimum atomic E-state index is -0.0265. The Bertz CT molecular complexity index is 765. The van der Waals surface area contributed by atoms with E-state index in [2.05, 4.69) is 0 Å². The van der Waals surface area contributed by atoms with Crippen molar-refractivity contribution in [2.24, 2.45) is 0 Å². The summed E-state index contributed by atoms with van der Waals surface area (Å²) in [6, 6.07) is 11.5. The Morgan fingerprint density at radius 1 is 1.27 bits per heavy atom. The molecule has 1 amide bonds. The summed E-state index contributed by atoms with van der Waals surface area (Å²) in [4.78, 5) is 14.6. The van der Waals surface area contributed by atoms with E-state index in [1.807, 2.05) is 60.2 Å². The van der Waals surface area contributed by atoms with Gasteiger partial charge in [0.15, 0.2) is 0 Å². The van der Waals surface area contributed by atoms with Gasteiger partial charge in [-0.2, -0.15) is 0 Å². The van der Waals surface area contributed by atoms with E-state index in [4.69, 9.17) is 23.8 Å². The lowest BCUT2D eigenvalue weighted by atomic mass is 10.3. The zero-order chi connectivity index (χ0) is 15.7. The van der Waals surface area contributed by atoms with Crippen molar-refractivity contribution in [3.8, 4) is 5.69 Å². The van der Waals surface area contributed by atoms with Gasteiger partial charge in [-0.05, 0) is 49.4 Å². The quantitative estimate of drug-likeness (QED) is 0.609. The van der Waals surface area contributed by atoms with Gasteiger partial charge in [-0.15, -0.1) is 0 Å². The third-order valence-electron chi connectivity index (χ3n) is 3.35. The summed E-state index contributed by atoms with van der Waals surface area (Å²) in [6.45, 7) is 2.52. The first-order valence-electron chi connectivity index (χ1n) is 6.79. The Hall–Kier alpha value is -1.56. The summed E-state index contributed by atoms with van der Waals surface area (Å²) < 4.78 is 2.62. The second kappa shape index (κ2) is 6.28. The lowest BCUT2D eigenvalue weighted by Gasteiger charge is -2.10. The summed E-state index contributed by atoms with van der Waals surface area (Å²) in [7, 11) is 0. The van der Waals surface area contributed by atoms with Crippen LogP contribution in [-0.2, 0) is 4.79 Å². The van der Waals surface area contributed by atoms with E-state index in [1.165, 1.54) is 11.8 Å². The lowest BCUT2D eigenvalue weighted by molar-refractivity contribution is -0.121. The highest BCUT2D eigenvalue weighted by Crippen LogP contribution is 2.32. The molecule has 0 N–H and O–H groups in total. The number of aromatic nitrogens is 1. The largest absolute Gasteiger partial charge is 0.317 e. The Kier molecular flexibility index (Phi) is 4.38. The van der Waals surface area contributed by atoms with E-state index >= 15 is 0 Å². The molecule has 1 aliphatic rings. The van der Waals surface area contributed by atoms with Crippen molar-refractivity contribution in [1.82, 2.24) is 9.47 Å². The van der Waals surface area contributed by atoms with Gasteiger partial charge in [-0.1, -0.05) is 35.6 Å². The molecule has 0 bridgehead atoms. The number of carbonyl (C=O) groups is 1. The molecule has 0 saturated carbocycles. The normalized spacial score (nSPS) is 16.8. The van der Waals surface area contributed by atoms with Crippen LogP contribution in [0.5, 0.6) is 0 Å². The molecular formula is C16H13ClN2OS2. The average Bonchev–Trinajstić information content (AvgIpc) is 3.06. The first-order valence-corrected chi connectivity index (χ1v) is 8.39. The van der Waals surface area contributed by atoms with Crippen LogP contribution in [0.15, 0.2) is 47.5 Å². The van der Waals surface area contributed by atoms with E-state index < -0.39 is 0 Å². The molecule has 3 rings (SSSR count). The number of likely N-dealkylation sites (N-methyl/N-ethyl adjacent to an activating group) is 1. The smallest absolute Gasteiger partial charge is 0.266 e. The number of amides is 1. The first-order chi connectivity index (χ1) is 10.6. The van der Waals surface area contributed by atoms with Crippen LogP contribution < -0.4 is 0 Å². The summed E-state index contributed by atoms with van der Waals surface area (Å²) in [5.41, 5.74) is 1.92. The molecule has 112 valence electrons. The molecule has 2 aromatic rings. The summed E-state index contributed by atoms with van der Waals surface area (Å²) in [5.74, 6) is -0.0265. The van der Waals surface area contributed by atoms with Crippen LogP contribution in [0, 0.1) is 0 Å². The van der Waals surface area contributed by atoms with Gasteiger partial charge in [-0.25, -0.2) is 0 Å². The average molecular weight is 349 g/mol. The molecule has 6 heteroatoms. The number of carbonyl (C=O) groups excluding carboxylic acids is 1. The summed E-state index contributed by atoms with van der Waals surface area (Å²) in [6.07, 6.45) is 3.83. The van der Waals surface area contributed by atoms with Crippen LogP contribution in [0.2, 0.25) is 5.02 Å². The van der Waals surface area contributed by atoms with Crippen LogP contribution in [0.4, 0.5) is 0 Å². The molecule has 0 atom stereocenters. The number of thiocarbonyl (C=S) groups is 1. The fraction of sp³-hybridized carbons (Fsp3) is 0.125. The van der Waals surface area contributed by atoms with Crippen molar-refractivity contribution in [2.75, 3.05) is 6.54 Å². The second-order valence-corrected chi connectivity index (χ2v) is 6.82. The van der Waals surface area contributed by atoms with E-state index in [1.54, 1.807) is 4.90 Å². The van der Waals surface area contributed by atoms with Crippen molar-refractivity contribution in [2.45, 2.75) is 6.92 Å². The SMILES string of the molecule is CCN1C(=O)/C(=C/c2cccn2-c2ccc(Cl)cc2)SC1=S. The number of hydrogen-bond acceptors (Lipinski definition) is 3. The molecule has 0 spiro atoms. The number of halogens is 1. The molecule has 0 unspecified atom stereocenters. The number of thioether (sulfide) groups is 1. The molecule has 0 aliphatic carbocycles. The van der Waals surface area contributed by atoms with Gasteiger partial charge in [0, 0.05) is 29.1 Å². The third-order valence-corrected chi connectivity index (χ3v) is 4.98. The molecule has 1 aliphatic heterocycles. The summed E-state index contributed by atoms with van der Waals surface area (Å²) >= 11 is 12.5. The minimum absolute atomic E-state index is 0.0265. The highest BCUT2D eigenvalue weighted by molar-refractivity contribution is 8.26. The second-order valence-electron chi connectivity index (χ2n) is 4.71. The molecule has 1 aromatic heterocycles. The predicted octanol–water partition coefficient (Wildman–Crippen LogP) is 4.35. The maximum Gasteiger partial charge on any atom is 0.266 e. The van der Waals surface area contributed by atoms with Crippen molar-refractivity contribution in [3.05, 3.63) is 58.2 Å². The third kappa shape index (κ3) is 2.84. The molecule has 3 nitrogen and oxygen atoms in total. The Morgan fingerprint density at radius 3 is 2.64 bits per heavy atom. The van der Waals surface area contributed by atoms with E-state index in [9.17, 15) is 4.79 Å². The lowest BCUT2D eigenvalue weighted by Crippen LogP contribution is -2.27. The van der Waals surface area contributed by atoms with Gasteiger partial charge in [0.1, 0.15) is 4.32 Å². The standard InChI is InChI=1S/C16H13ClN2OS2/c1-2-18-15(20)14(22-16(18)21)10-13-4-3-9-19(13)12-7-5-11(17)6-8-12/h3-10H,2H2,1H3/b14-10-. The Labute approximate surface area is 143 Å². The predicted molar refractivity (Wildman–Crippen MR) is 96.3 cm³/mol. The highest BCUT2D eigenvalue weighted by Gasteiger charge is 2.30. The maximum atomic E-state index is 12.3. The van der Waals surface area contributed by atoms with Gasteiger partial charge >= 0.3 is 0 Å². The van der Waals surface area contributed by atoms with Crippen molar-refractivity contribution in [3.63, 3.8) is 0 Å².